The number of hydrogen-bond acceptors (Lipinski definition) is 18. The molecule has 0 bridgehead atoms. The molecular formula is C81H98Cl4N8O19S. The average Bonchev–Trinajstić information content (AvgIpc) is 1.69. The van der Waals surface area contributed by atoms with Crippen molar-refractivity contribution in [3.8, 4) is 0 Å². The molecule has 27 nitrogen and oxygen atoms in total. The summed E-state index contributed by atoms with van der Waals surface area (Å²) in [7, 11) is -0.200. The van der Waals surface area contributed by atoms with Gasteiger partial charge in [0.2, 0.25) is 47.3 Å². The molecule has 8 amide bonds. The summed E-state index contributed by atoms with van der Waals surface area (Å²) in [5.74, 6) is -19.9. The summed E-state index contributed by atoms with van der Waals surface area (Å²) in [6, 6.07) is 19.8. The number of likely N-dealkylation sites (N-methyl/N-ethyl adjacent to an activating group) is 3. The molecule has 0 radical (unpaired) electrons. The third-order valence-electron chi connectivity index (χ3n) is 20.6. The number of hydrogen-bond donors (Lipinski definition) is 8. The van der Waals surface area contributed by atoms with Crippen molar-refractivity contribution in [2.45, 2.75) is 178 Å². The van der Waals surface area contributed by atoms with Gasteiger partial charge in [-0.2, -0.15) is 0 Å². The van der Waals surface area contributed by atoms with Crippen molar-refractivity contribution >= 4 is 133 Å². The molecule has 2 heterocycles. The second-order valence-electron chi connectivity index (χ2n) is 29.5. The normalized spacial score (nSPS) is 25.0. The first kappa shape index (κ1) is 91.2. The second-order valence-corrected chi connectivity index (χ2v) is 33.5. The van der Waals surface area contributed by atoms with E-state index in [1.54, 1.807) is 103 Å². The predicted molar refractivity (Wildman–Crippen MR) is 423 cm³/mol. The summed E-state index contributed by atoms with van der Waals surface area (Å²) < 4.78 is 25.8. The zero-order valence-corrected chi connectivity index (χ0v) is 67.9. The summed E-state index contributed by atoms with van der Waals surface area (Å²) in [6.45, 7) is 4.66. The van der Waals surface area contributed by atoms with E-state index in [2.05, 4.69) is 21.3 Å². The molecule has 5 aromatic carbocycles. The van der Waals surface area contributed by atoms with Gasteiger partial charge in [-0.15, -0.1) is 0 Å². The van der Waals surface area contributed by atoms with Gasteiger partial charge in [0.15, 0.2) is 17.3 Å². The van der Waals surface area contributed by atoms with E-state index in [1.165, 1.54) is 59.3 Å². The number of carboxylic acid groups (broad SMARTS) is 1. The Morgan fingerprint density at radius 3 is 1.46 bits per heavy atom. The summed E-state index contributed by atoms with van der Waals surface area (Å²) in [5, 5.41) is 55.8. The van der Waals surface area contributed by atoms with E-state index < -0.39 is 221 Å². The highest BCUT2D eigenvalue weighted by molar-refractivity contribution is 7.90. The Hall–Kier alpha value is -9.00. The lowest BCUT2D eigenvalue weighted by atomic mass is 9.86. The number of rotatable bonds is 18. The number of Topliss-reactive ketones (excluding diaryl/α,β-unsaturated/α-hetero) is 4. The molecule has 15 atom stereocenters. The minimum absolute atomic E-state index is 0.00873. The lowest BCUT2D eigenvalue weighted by molar-refractivity contribution is -0.151. The smallest absolute Gasteiger partial charge is 0.326 e. The van der Waals surface area contributed by atoms with Crippen LogP contribution in [0, 0.1) is 23.7 Å². The first-order chi connectivity index (χ1) is 53.2. The summed E-state index contributed by atoms with van der Waals surface area (Å²) >= 11 is 25.7. The summed E-state index contributed by atoms with van der Waals surface area (Å²) in [5.41, 5.74) is 2.14. The zero-order chi connectivity index (χ0) is 83.5. The number of carboxylic acids is 1. The number of sulfone groups is 1. The van der Waals surface area contributed by atoms with E-state index in [0.717, 1.165) is 39.7 Å². The van der Waals surface area contributed by atoms with Gasteiger partial charge >= 0.3 is 5.97 Å². The van der Waals surface area contributed by atoms with Crippen molar-refractivity contribution < 1.29 is 91.2 Å². The van der Waals surface area contributed by atoms with Gasteiger partial charge < -0.3 is 61.3 Å². The van der Waals surface area contributed by atoms with Gasteiger partial charge in [0.25, 0.3) is 0 Å². The van der Waals surface area contributed by atoms with Gasteiger partial charge in [0.1, 0.15) is 45.8 Å². The Morgan fingerprint density at radius 1 is 0.487 bits per heavy atom. The molecule has 2 saturated heterocycles. The Balaban J connectivity index is 1.39. The fourth-order valence-corrected chi connectivity index (χ4v) is 15.4. The largest absolute Gasteiger partial charge is 0.480 e. The SMILES string of the molecule is C[C@@H]1CC(=O)C[C@@H](C(=O)N2CCC[C@H]2C(=O)O)CC(=O)[C@H](Cc2cccc(Cl)c2)NC(=O)[C@H]([C@@H](C)O)NC(=O)[C@H](Cc2ccc(Cl)cc2)N(C)C(=O)[C@H](Cc2cccc(Cl)c2)CC(=O)[C@H](Cc2ccc(Cl)cc2)N(C)C(=O)[C@H]([C@@H](C)O)CC(=O)[C@H](Cc2ccccc2)N(C)C(=O)[C@H](CCS(C)(=O)=O)NC(=O)[C@H]([C@@H](C)O)NC1=O. The number of carbonyl (C=O) groups is 13. The Morgan fingerprint density at radius 2 is 0.956 bits per heavy atom. The van der Waals surface area contributed by atoms with Crippen LogP contribution < -0.4 is 21.3 Å². The van der Waals surface area contributed by atoms with Crippen LogP contribution >= 0.6 is 46.4 Å². The van der Waals surface area contributed by atoms with Crippen molar-refractivity contribution in [1.82, 2.24) is 40.9 Å². The van der Waals surface area contributed by atoms with Crippen molar-refractivity contribution in [3.63, 3.8) is 0 Å². The van der Waals surface area contributed by atoms with Crippen LogP contribution in [0.15, 0.2) is 127 Å². The van der Waals surface area contributed by atoms with Crippen molar-refractivity contribution in [1.29, 1.82) is 0 Å². The third-order valence-corrected chi connectivity index (χ3v) is 22.5. The quantitative estimate of drug-likeness (QED) is 0.0528. The van der Waals surface area contributed by atoms with Crippen molar-refractivity contribution in [3.05, 3.63) is 175 Å². The van der Waals surface area contributed by atoms with Crippen LogP contribution in [0.25, 0.3) is 0 Å². The number of aliphatic hydroxyl groups is 3. The van der Waals surface area contributed by atoms with Gasteiger partial charge in [0, 0.05) is 104 Å². The lowest BCUT2D eigenvalue weighted by Crippen LogP contribution is -2.60. The molecule has 7 rings (SSSR count). The van der Waals surface area contributed by atoms with Crippen molar-refractivity contribution in [2.24, 2.45) is 23.7 Å². The number of aliphatic carboxylic acids is 1. The molecule has 2 aliphatic rings. The van der Waals surface area contributed by atoms with Crippen LogP contribution in [-0.4, -0.2) is 231 Å². The van der Waals surface area contributed by atoms with Gasteiger partial charge in [-0.05, 0) is 142 Å². The molecule has 0 spiro atoms. The number of carbonyl (C=O) groups excluding carboxylic acids is 12. The molecule has 113 heavy (non-hydrogen) atoms. The van der Waals surface area contributed by atoms with Gasteiger partial charge in [-0.25, -0.2) is 13.2 Å². The summed E-state index contributed by atoms with van der Waals surface area (Å²) in [4.78, 5) is 198. The zero-order valence-electron chi connectivity index (χ0n) is 64.0. The van der Waals surface area contributed by atoms with Gasteiger partial charge in [-0.1, -0.05) is 132 Å². The Kier molecular flexibility index (Phi) is 33.8. The molecule has 2 aliphatic heterocycles. The number of nitrogens with zero attached hydrogens (tertiary/aromatic N) is 4. The van der Waals surface area contributed by atoms with Gasteiger partial charge in [-0.3, -0.25) is 57.5 Å². The molecule has 32 heteroatoms. The molecule has 0 aliphatic carbocycles. The highest BCUT2D eigenvalue weighted by atomic mass is 35.5. The molecule has 8 N–H and O–H groups in total. The topological polar surface area (TPSA) is 398 Å². The molecule has 0 unspecified atom stereocenters. The van der Waals surface area contributed by atoms with E-state index in [4.69, 9.17) is 46.4 Å². The number of aliphatic hydroxyl groups excluding tert-OH is 3. The minimum Gasteiger partial charge on any atom is -0.480 e. The molecule has 0 aromatic heterocycles. The van der Waals surface area contributed by atoms with Crippen LogP contribution in [0.1, 0.15) is 107 Å². The highest BCUT2D eigenvalue weighted by Gasteiger charge is 2.45. The lowest BCUT2D eigenvalue weighted by Gasteiger charge is -2.35. The van der Waals surface area contributed by atoms with Crippen LogP contribution in [-0.2, 0) is 104 Å². The van der Waals surface area contributed by atoms with E-state index in [1.807, 2.05) is 0 Å². The van der Waals surface area contributed by atoms with Crippen molar-refractivity contribution in [2.75, 3.05) is 39.7 Å². The standard InChI is InChI=1S/C81H98Cl4N8O19S/c1-45-33-60(97)41-55(78(106)93-31-14-21-64(93)81(109)110)42-68(98)63(37-53-18-13-20-59(85)36-53)87-76(104)72(48(4)96)89-74(102)67(40-51-24-28-57(83)29-25-51)92(7)77(105)54(34-52-17-12-19-58(84)35-52)43-69(99)65(39-50-22-26-56(82)27-23-50)90(5)79(107)61(46(2)94)44-70(100)66(38-49-15-10-9-11-16-49)91(6)80(108)62(30-32-113(8,111)112)86-75(103)71(47(3)95)88-73(45)101/h9-13,15-20,22-29,35-36,45-48,54-55,61-67,71-72,94-96H,14,21,30-34,37-44H2,1-8H3,(H,86,103)(H,87,104)(H,88,101)(H,89,102)(H,109,110)/t45-,46-,47-,48-,54-,55-,61+,62+,63+,64+,65+,66+,67+,71+,72+/m1/s1. The predicted octanol–water partition coefficient (Wildman–Crippen LogP) is 5.61. The molecular weight excluding hydrogens is 1560 g/mol. The van der Waals surface area contributed by atoms with E-state index in [9.17, 15) is 52.8 Å². The fourth-order valence-electron chi connectivity index (χ4n) is 14.1. The van der Waals surface area contributed by atoms with Gasteiger partial charge in [0.05, 0.1) is 54.0 Å². The first-order valence-corrected chi connectivity index (χ1v) is 40.7. The minimum atomic E-state index is -3.94. The number of benzene rings is 5. The maximum atomic E-state index is 15.8. The maximum Gasteiger partial charge on any atom is 0.326 e. The Labute approximate surface area is 677 Å². The van der Waals surface area contributed by atoms with Crippen LogP contribution in [0.5, 0.6) is 0 Å². The molecule has 610 valence electrons. The number of halogens is 4. The van der Waals surface area contributed by atoms with Crippen LogP contribution in [0.4, 0.5) is 0 Å². The van der Waals surface area contributed by atoms with Crippen LogP contribution in [0.3, 0.4) is 0 Å². The average molecular weight is 1660 g/mol. The second kappa shape index (κ2) is 41.9. The molecule has 0 saturated carbocycles. The monoisotopic (exact) mass is 1660 g/mol. The van der Waals surface area contributed by atoms with E-state index >= 15 is 38.4 Å². The number of amides is 8. The third kappa shape index (κ3) is 26.5. The molecule has 5 aromatic rings. The first-order valence-electron chi connectivity index (χ1n) is 37.1. The van der Waals surface area contributed by atoms with Crippen LogP contribution in [0.2, 0.25) is 20.1 Å². The van der Waals surface area contributed by atoms with E-state index in [-0.39, 0.29) is 61.5 Å². The number of likely N-dealkylation sites (tertiary alicyclic amines) is 1. The number of nitrogens with one attached hydrogen (secondary N) is 4. The molecule has 2 fully saturated rings. The maximum absolute atomic E-state index is 15.8. The Bertz CT molecular complexity index is 4380. The fraction of sp³-hybridized carbons (Fsp3) is 0.469. The summed E-state index contributed by atoms with van der Waals surface area (Å²) in [6.07, 6.45) is -10.1. The number of ketones is 4. The highest BCUT2D eigenvalue weighted by Crippen LogP contribution is 2.30. The van der Waals surface area contributed by atoms with E-state index in [0.29, 0.717) is 37.9 Å².